The molecule has 1 aromatic rings. The standard InChI is InChI=1S/C9H11BrClNOS/c1-5(2)9(12-13)7-3-6(11)8(4-10)14-7/h3,5,13H,4H2,1-2H3. The minimum absolute atomic E-state index is 0.192. The van der Waals surface area contributed by atoms with Gasteiger partial charge in [0.15, 0.2) is 0 Å². The van der Waals surface area contributed by atoms with Crippen molar-refractivity contribution in [3.8, 4) is 0 Å². The van der Waals surface area contributed by atoms with Gasteiger partial charge in [-0.25, -0.2) is 0 Å². The van der Waals surface area contributed by atoms with E-state index in [1.54, 1.807) is 11.3 Å². The fraction of sp³-hybridized carbons (Fsp3) is 0.444. The minimum atomic E-state index is 0.192. The molecule has 0 aliphatic heterocycles. The zero-order valence-electron chi connectivity index (χ0n) is 7.92. The van der Waals surface area contributed by atoms with E-state index in [9.17, 15) is 0 Å². The molecule has 1 N–H and O–H groups in total. The van der Waals surface area contributed by atoms with Gasteiger partial charge in [0.25, 0.3) is 0 Å². The van der Waals surface area contributed by atoms with Crippen LogP contribution in [0, 0.1) is 5.92 Å². The summed E-state index contributed by atoms with van der Waals surface area (Å²) in [5.41, 5.74) is 0.684. The predicted molar refractivity (Wildman–Crippen MR) is 65.1 cm³/mol. The Kier molecular flexibility index (Phi) is 4.41. The van der Waals surface area contributed by atoms with Gasteiger partial charge in [0.05, 0.1) is 15.6 Å². The summed E-state index contributed by atoms with van der Waals surface area (Å²) in [6.45, 7) is 3.97. The molecule has 0 fully saturated rings. The largest absolute Gasteiger partial charge is 0.411 e. The lowest BCUT2D eigenvalue weighted by atomic mass is 10.1. The molecule has 1 aromatic heterocycles. The van der Waals surface area contributed by atoms with E-state index in [2.05, 4.69) is 21.1 Å². The molecule has 0 bridgehead atoms. The third-order valence-corrected chi connectivity index (χ3v) is 4.32. The maximum atomic E-state index is 8.86. The fourth-order valence-corrected chi connectivity index (χ4v) is 3.27. The zero-order valence-corrected chi connectivity index (χ0v) is 11.1. The maximum absolute atomic E-state index is 8.86. The number of hydrogen-bond donors (Lipinski definition) is 1. The lowest BCUT2D eigenvalue weighted by Gasteiger charge is -2.03. The van der Waals surface area contributed by atoms with Crippen molar-refractivity contribution in [3.05, 3.63) is 20.8 Å². The molecule has 0 amide bonds. The molecule has 5 heteroatoms. The third-order valence-electron chi connectivity index (χ3n) is 1.79. The molecule has 14 heavy (non-hydrogen) atoms. The highest BCUT2D eigenvalue weighted by Crippen LogP contribution is 2.30. The van der Waals surface area contributed by atoms with Crippen LogP contribution in [-0.4, -0.2) is 10.9 Å². The Morgan fingerprint density at radius 2 is 2.36 bits per heavy atom. The molecular weight excluding hydrogens is 286 g/mol. The Morgan fingerprint density at radius 3 is 2.71 bits per heavy atom. The molecule has 78 valence electrons. The van der Waals surface area contributed by atoms with E-state index >= 15 is 0 Å². The van der Waals surface area contributed by atoms with Crippen LogP contribution in [0.4, 0.5) is 0 Å². The molecule has 0 unspecified atom stereocenters. The van der Waals surface area contributed by atoms with Crippen molar-refractivity contribution >= 4 is 44.6 Å². The van der Waals surface area contributed by atoms with Crippen LogP contribution < -0.4 is 0 Å². The van der Waals surface area contributed by atoms with Crippen molar-refractivity contribution in [1.29, 1.82) is 0 Å². The second-order valence-corrected chi connectivity index (χ2v) is 5.26. The van der Waals surface area contributed by atoms with Crippen LogP contribution >= 0.6 is 38.9 Å². The molecule has 0 saturated carbocycles. The van der Waals surface area contributed by atoms with E-state index in [1.165, 1.54) is 0 Å². The van der Waals surface area contributed by atoms with Gasteiger partial charge in [0.2, 0.25) is 0 Å². The second-order valence-electron chi connectivity index (χ2n) is 3.16. The number of rotatable bonds is 3. The average Bonchev–Trinajstić information content (AvgIpc) is 2.47. The van der Waals surface area contributed by atoms with Crippen molar-refractivity contribution in [2.75, 3.05) is 0 Å². The van der Waals surface area contributed by atoms with Crippen molar-refractivity contribution in [1.82, 2.24) is 0 Å². The topological polar surface area (TPSA) is 32.6 Å². The molecule has 2 nitrogen and oxygen atoms in total. The second kappa shape index (κ2) is 5.14. The average molecular weight is 297 g/mol. The van der Waals surface area contributed by atoms with Crippen LogP contribution in [0.5, 0.6) is 0 Å². The van der Waals surface area contributed by atoms with Crippen molar-refractivity contribution < 1.29 is 5.21 Å². The number of thiophene rings is 1. The zero-order chi connectivity index (χ0) is 10.7. The van der Waals surface area contributed by atoms with Gasteiger partial charge in [-0.2, -0.15) is 0 Å². The molecule has 0 atom stereocenters. The van der Waals surface area contributed by atoms with Crippen LogP contribution in [0.15, 0.2) is 11.2 Å². The lowest BCUT2D eigenvalue weighted by molar-refractivity contribution is 0.316. The van der Waals surface area contributed by atoms with Gasteiger partial charge < -0.3 is 5.21 Å². The van der Waals surface area contributed by atoms with E-state index in [-0.39, 0.29) is 5.92 Å². The van der Waals surface area contributed by atoms with Crippen LogP contribution in [0.25, 0.3) is 0 Å². The Hall–Kier alpha value is -0.0600. The summed E-state index contributed by atoms with van der Waals surface area (Å²) in [4.78, 5) is 1.99. The highest BCUT2D eigenvalue weighted by atomic mass is 79.9. The maximum Gasteiger partial charge on any atom is 0.0993 e. The number of oxime groups is 1. The van der Waals surface area contributed by atoms with Crippen molar-refractivity contribution in [2.45, 2.75) is 19.2 Å². The number of hydrogen-bond acceptors (Lipinski definition) is 3. The molecular formula is C9H11BrClNOS. The van der Waals surface area contributed by atoms with E-state index in [0.29, 0.717) is 5.71 Å². The predicted octanol–water partition coefficient (Wildman–Crippen LogP) is 4.13. The van der Waals surface area contributed by atoms with E-state index in [0.717, 1.165) is 20.1 Å². The first-order valence-corrected chi connectivity index (χ1v) is 6.48. The Balaban J connectivity index is 3.07. The summed E-state index contributed by atoms with van der Waals surface area (Å²) >= 11 is 10.9. The smallest absolute Gasteiger partial charge is 0.0993 e. The summed E-state index contributed by atoms with van der Waals surface area (Å²) in [6, 6.07) is 1.85. The summed E-state index contributed by atoms with van der Waals surface area (Å²) < 4.78 is 0. The van der Waals surface area contributed by atoms with E-state index < -0.39 is 0 Å². The Morgan fingerprint density at radius 1 is 1.71 bits per heavy atom. The summed E-state index contributed by atoms with van der Waals surface area (Å²) in [5, 5.41) is 13.6. The fourth-order valence-electron chi connectivity index (χ4n) is 1.07. The van der Waals surface area contributed by atoms with E-state index in [1.807, 2.05) is 19.9 Å². The SMILES string of the molecule is CC(C)C(=NO)c1cc(Cl)c(CBr)s1. The van der Waals surface area contributed by atoms with Crippen LogP contribution in [0.2, 0.25) is 5.02 Å². The molecule has 1 heterocycles. The summed E-state index contributed by atoms with van der Waals surface area (Å²) in [6.07, 6.45) is 0. The summed E-state index contributed by atoms with van der Waals surface area (Å²) in [5.74, 6) is 0.192. The molecule has 0 aliphatic carbocycles. The number of alkyl halides is 1. The van der Waals surface area contributed by atoms with Gasteiger partial charge in [0, 0.05) is 16.1 Å². The highest BCUT2D eigenvalue weighted by Gasteiger charge is 2.14. The van der Waals surface area contributed by atoms with E-state index in [4.69, 9.17) is 16.8 Å². The van der Waals surface area contributed by atoms with Gasteiger partial charge in [0.1, 0.15) is 0 Å². The lowest BCUT2D eigenvalue weighted by Crippen LogP contribution is -2.06. The van der Waals surface area contributed by atoms with Gasteiger partial charge in [-0.05, 0) is 6.07 Å². The molecule has 0 saturated heterocycles. The van der Waals surface area contributed by atoms with Crippen LogP contribution in [0.1, 0.15) is 23.6 Å². The minimum Gasteiger partial charge on any atom is -0.411 e. The highest BCUT2D eigenvalue weighted by molar-refractivity contribution is 9.08. The normalized spacial score (nSPS) is 12.5. The molecule has 0 aromatic carbocycles. The van der Waals surface area contributed by atoms with Gasteiger partial charge in [-0.1, -0.05) is 46.5 Å². The first kappa shape index (κ1) is 12.0. The van der Waals surface area contributed by atoms with Crippen LogP contribution in [0.3, 0.4) is 0 Å². The molecule has 1 rings (SSSR count). The van der Waals surface area contributed by atoms with Gasteiger partial charge in [-0.15, -0.1) is 11.3 Å². The van der Waals surface area contributed by atoms with Crippen LogP contribution in [-0.2, 0) is 5.33 Å². The quantitative estimate of drug-likeness (QED) is 0.387. The molecule has 0 spiro atoms. The Labute approximate surface area is 101 Å². The monoisotopic (exact) mass is 295 g/mol. The number of nitrogens with zero attached hydrogens (tertiary/aromatic N) is 1. The third kappa shape index (κ3) is 2.49. The summed E-state index contributed by atoms with van der Waals surface area (Å²) in [7, 11) is 0. The number of halogens is 2. The first-order chi connectivity index (χ1) is 6.60. The van der Waals surface area contributed by atoms with Crippen molar-refractivity contribution in [3.63, 3.8) is 0 Å². The molecule has 0 aliphatic rings. The van der Waals surface area contributed by atoms with Crippen molar-refractivity contribution in [2.24, 2.45) is 11.1 Å². The molecule has 0 radical (unpaired) electrons. The van der Waals surface area contributed by atoms with Gasteiger partial charge >= 0.3 is 0 Å². The Bertz CT molecular complexity index is 349. The first-order valence-electron chi connectivity index (χ1n) is 4.16. The van der Waals surface area contributed by atoms with Gasteiger partial charge in [-0.3, -0.25) is 0 Å².